The van der Waals surface area contributed by atoms with Crippen LogP contribution in [0.4, 0.5) is 0 Å². The Labute approximate surface area is 202 Å². The Morgan fingerprint density at radius 2 is 1.71 bits per heavy atom. The summed E-state index contributed by atoms with van der Waals surface area (Å²) in [5.74, 6) is 3.27. The molecule has 0 aromatic carbocycles. The number of piperidine rings is 1. The molecule has 0 bridgehead atoms. The van der Waals surface area contributed by atoms with E-state index in [0.717, 1.165) is 17.8 Å². The van der Waals surface area contributed by atoms with Crippen molar-refractivity contribution in [2.75, 3.05) is 39.3 Å². The highest BCUT2D eigenvalue weighted by molar-refractivity contribution is 7.97. The Hall–Kier alpha value is 0.520. The van der Waals surface area contributed by atoms with E-state index < -0.39 is 0 Å². The SMILES string of the molecule is CC(C)SN1CC[C@@H](CN[C@@H](CN2CC[C@H](C3CCC(Cl)CC3)C(C)(C)C2)C(C)C)C1. The zero-order valence-corrected chi connectivity index (χ0v) is 22.8. The standard InChI is InChI=1S/C26H50ClN3S/c1-19(2)25(28-15-21-11-14-30(16-21)31-20(3)4)17-29-13-12-24(26(5,6)18-29)22-7-9-23(27)10-8-22/h19-25,28H,7-18H2,1-6H3/t21-,22?,23?,24+,25-/m0/s1. The van der Waals surface area contributed by atoms with Crippen LogP contribution in [0.3, 0.4) is 0 Å². The van der Waals surface area contributed by atoms with E-state index in [9.17, 15) is 0 Å². The summed E-state index contributed by atoms with van der Waals surface area (Å²) in [6.45, 7) is 21.9. The Morgan fingerprint density at radius 3 is 2.32 bits per heavy atom. The summed E-state index contributed by atoms with van der Waals surface area (Å²) in [6, 6.07) is 0.603. The molecule has 182 valence electrons. The maximum Gasteiger partial charge on any atom is 0.0336 e. The molecule has 3 rings (SSSR count). The summed E-state index contributed by atoms with van der Waals surface area (Å²) in [6.07, 6.45) is 7.89. The van der Waals surface area contributed by atoms with E-state index in [1.807, 2.05) is 11.9 Å². The van der Waals surface area contributed by atoms with Gasteiger partial charge in [-0.15, -0.1) is 11.6 Å². The Kier molecular flexibility index (Phi) is 9.93. The van der Waals surface area contributed by atoms with Gasteiger partial charge in [0.05, 0.1) is 0 Å². The lowest BCUT2D eigenvalue weighted by molar-refractivity contribution is 0.00469. The smallest absolute Gasteiger partial charge is 0.0336 e. The Morgan fingerprint density at radius 1 is 1.00 bits per heavy atom. The van der Waals surface area contributed by atoms with E-state index in [1.165, 1.54) is 77.8 Å². The van der Waals surface area contributed by atoms with Gasteiger partial charge in [-0.2, -0.15) is 0 Å². The number of nitrogens with one attached hydrogen (secondary N) is 1. The molecule has 2 heterocycles. The van der Waals surface area contributed by atoms with Gasteiger partial charge >= 0.3 is 0 Å². The molecule has 3 fully saturated rings. The van der Waals surface area contributed by atoms with Crippen molar-refractivity contribution in [3.63, 3.8) is 0 Å². The van der Waals surface area contributed by atoms with Crippen LogP contribution in [0, 0.1) is 29.1 Å². The van der Waals surface area contributed by atoms with Crippen molar-refractivity contribution in [3.05, 3.63) is 0 Å². The number of nitrogens with zero attached hydrogens (tertiary/aromatic N) is 2. The van der Waals surface area contributed by atoms with Gasteiger partial charge in [0.1, 0.15) is 0 Å². The summed E-state index contributed by atoms with van der Waals surface area (Å²) in [5, 5.41) is 5.14. The van der Waals surface area contributed by atoms with Crippen molar-refractivity contribution in [1.82, 2.24) is 14.5 Å². The minimum atomic E-state index is 0.420. The van der Waals surface area contributed by atoms with Crippen molar-refractivity contribution in [1.29, 1.82) is 0 Å². The van der Waals surface area contributed by atoms with Crippen LogP contribution >= 0.6 is 23.5 Å². The summed E-state index contributed by atoms with van der Waals surface area (Å²) >= 11 is 8.43. The second kappa shape index (κ2) is 11.8. The second-order valence-electron chi connectivity index (χ2n) is 12.1. The fourth-order valence-corrected chi connectivity index (χ4v) is 7.82. The Bertz CT molecular complexity index is 533. The lowest BCUT2D eigenvalue weighted by Gasteiger charge is -2.49. The first-order valence-corrected chi connectivity index (χ1v) is 14.4. The molecule has 1 aliphatic carbocycles. The molecule has 3 nitrogen and oxygen atoms in total. The molecule has 0 radical (unpaired) electrons. The topological polar surface area (TPSA) is 18.5 Å². The highest BCUT2D eigenvalue weighted by atomic mass is 35.5. The van der Waals surface area contributed by atoms with Gasteiger partial charge in [-0.05, 0) is 80.7 Å². The fraction of sp³-hybridized carbons (Fsp3) is 1.00. The zero-order chi connectivity index (χ0) is 22.6. The van der Waals surface area contributed by atoms with Gasteiger partial charge in [-0.25, -0.2) is 0 Å². The number of halogens is 1. The summed E-state index contributed by atoms with van der Waals surface area (Å²) in [4.78, 5) is 2.77. The van der Waals surface area contributed by atoms with E-state index >= 15 is 0 Å². The van der Waals surface area contributed by atoms with Gasteiger partial charge in [-0.3, -0.25) is 4.31 Å². The van der Waals surface area contributed by atoms with Gasteiger partial charge in [-0.1, -0.05) is 53.5 Å². The predicted octanol–water partition coefficient (Wildman–Crippen LogP) is 6.12. The van der Waals surface area contributed by atoms with E-state index in [1.54, 1.807) is 0 Å². The van der Waals surface area contributed by atoms with Crippen molar-refractivity contribution in [2.24, 2.45) is 29.1 Å². The molecule has 0 unspecified atom stereocenters. The largest absolute Gasteiger partial charge is 0.312 e. The maximum absolute atomic E-state index is 6.39. The molecular formula is C26H50ClN3S. The number of hydrogen-bond donors (Lipinski definition) is 1. The van der Waals surface area contributed by atoms with Crippen molar-refractivity contribution in [2.45, 2.75) is 96.7 Å². The van der Waals surface area contributed by atoms with Crippen LogP contribution < -0.4 is 5.32 Å². The molecule has 3 atom stereocenters. The monoisotopic (exact) mass is 471 g/mol. The predicted molar refractivity (Wildman–Crippen MR) is 139 cm³/mol. The molecule has 2 saturated heterocycles. The van der Waals surface area contributed by atoms with E-state index in [2.05, 4.69) is 56.1 Å². The summed E-state index contributed by atoms with van der Waals surface area (Å²) in [5.41, 5.74) is 0.420. The highest BCUT2D eigenvalue weighted by Crippen LogP contribution is 2.45. The third kappa shape index (κ3) is 7.77. The quantitative estimate of drug-likeness (QED) is 0.322. The summed E-state index contributed by atoms with van der Waals surface area (Å²) in [7, 11) is 0. The van der Waals surface area contributed by atoms with Gasteiger partial charge < -0.3 is 10.2 Å². The van der Waals surface area contributed by atoms with Crippen LogP contribution in [-0.2, 0) is 0 Å². The van der Waals surface area contributed by atoms with Crippen LogP contribution in [0.1, 0.15) is 80.1 Å². The lowest BCUT2D eigenvalue weighted by atomic mass is 9.64. The molecule has 2 aliphatic heterocycles. The van der Waals surface area contributed by atoms with Crippen LogP contribution in [0.2, 0.25) is 0 Å². The molecule has 0 spiro atoms. The molecule has 1 saturated carbocycles. The molecule has 1 N–H and O–H groups in total. The molecule has 0 aromatic rings. The van der Waals surface area contributed by atoms with Crippen molar-refractivity contribution in [3.8, 4) is 0 Å². The van der Waals surface area contributed by atoms with Crippen LogP contribution in [0.15, 0.2) is 0 Å². The second-order valence-corrected chi connectivity index (χ2v) is 14.4. The average molecular weight is 472 g/mol. The molecule has 31 heavy (non-hydrogen) atoms. The van der Waals surface area contributed by atoms with E-state index in [4.69, 9.17) is 11.6 Å². The number of alkyl halides is 1. The molecule has 3 aliphatic rings. The van der Waals surface area contributed by atoms with Crippen molar-refractivity contribution < 1.29 is 0 Å². The average Bonchev–Trinajstić information content (AvgIpc) is 3.12. The van der Waals surface area contributed by atoms with Crippen molar-refractivity contribution >= 4 is 23.5 Å². The van der Waals surface area contributed by atoms with Gasteiger partial charge in [0.2, 0.25) is 0 Å². The Balaban J connectivity index is 1.46. The fourth-order valence-electron chi connectivity index (χ4n) is 6.46. The molecule has 0 amide bonds. The third-order valence-corrected chi connectivity index (χ3v) is 9.69. The maximum atomic E-state index is 6.39. The van der Waals surface area contributed by atoms with Crippen LogP contribution in [-0.4, -0.2) is 65.1 Å². The third-order valence-electron chi connectivity index (χ3n) is 8.20. The van der Waals surface area contributed by atoms with E-state index in [-0.39, 0.29) is 0 Å². The number of likely N-dealkylation sites (tertiary alicyclic amines) is 1. The van der Waals surface area contributed by atoms with E-state index in [0.29, 0.717) is 28.0 Å². The molecule has 0 aromatic heterocycles. The minimum Gasteiger partial charge on any atom is -0.312 e. The normalized spacial score (nSPS) is 34.0. The minimum absolute atomic E-state index is 0.420. The van der Waals surface area contributed by atoms with Crippen LogP contribution in [0.25, 0.3) is 0 Å². The van der Waals surface area contributed by atoms with Gasteiger partial charge in [0, 0.05) is 42.8 Å². The first-order valence-electron chi connectivity index (χ1n) is 13.2. The van der Waals surface area contributed by atoms with Crippen LogP contribution in [0.5, 0.6) is 0 Å². The first kappa shape index (κ1) is 26.1. The molecule has 5 heteroatoms. The van der Waals surface area contributed by atoms with Gasteiger partial charge in [0.25, 0.3) is 0 Å². The molecular weight excluding hydrogens is 422 g/mol. The first-order chi connectivity index (χ1) is 14.6. The summed E-state index contributed by atoms with van der Waals surface area (Å²) < 4.78 is 2.59. The number of hydrogen-bond acceptors (Lipinski definition) is 4. The van der Waals surface area contributed by atoms with Gasteiger partial charge in [0.15, 0.2) is 0 Å². The number of rotatable bonds is 9. The zero-order valence-electron chi connectivity index (χ0n) is 21.2. The highest BCUT2D eigenvalue weighted by Gasteiger charge is 2.41. The lowest BCUT2D eigenvalue weighted by Crippen LogP contribution is -2.53.